The molecule has 0 spiro atoms. The van der Waals surface area contributed by atoms with Crippen molar-refractivity contribution in [1.82, 2.24) is 9.80 Å². The summed E-state index contributed by atoms with van der Waals surface area (Å²) in [5, 5.41) is 11.8. The molecule has 1 saturated heterocycles. The zero-order valence-electron chi connectivity index (χ0n) is 20.0. The molecule has 3 atom stereocenters. The van der Waals surface area contributed by atoms with Gasteiger partial charge in [0.25, 0.3) is 5.91 Å². The number of hydrogen-bond donors (Lipinski definition) is 1. The number of amides is 1. The maximum atomic E-state index is 13.7. The van der Waals surface area contributed by atoms with Gasteiger partial charge in [-0.15, -0.1) is 0 Å². The number of hydrogen-bond acceptors (Lipinski definition) is 5. The van der Waals surface area contributed by atoms with Gasteiger partial charge < -0.3 is 14.9 Å². The zero-order valence-corrected chi connectivity index (χ0v) is 22.4. The molecule has 188 valence electrons. The number of carboxylic acid groups (broad SMARTS) is 1. The van der Waals surface area contributed by atoms with Crippen LogP contribution in [0.1, 0.15) is 43.9 Å². The number of carbonyl (C=O) groups excluding carboxylic acids is 1. The van der Waals surface area contributed by atoms with Crippen LogP contribution in [0.15, 0.2) is 64.1 Å². The van der Waals surface area contributed by atoms with Gasteiger partial charge in [-0.2, -0.15) is 0 Å². The average Bonchev–Trinajstić information content (AvgIpc) is 3.54. The zero-order chi connectivity index (χ0) is 25.6. The van der Waals surface area contributed by atoms with Crippen LogP contribution in [0.3, 0.4) is 0 Å². The third-order valence-electron chi connectivity index (χ3n) is 6.92. The van der Waals surface area contributed by atoms with Crippen LogP contribution < -0.4 is 0 Å². The van der Waals surface area contributed by atoms with E-state index in [9.17, 15) is 14.7 Å². The van der Waals surface area contributed by atoms with Crippen LogP contribution in [-0.2, 0) is 16.0 Å². The van der Waals surface area contributed by atoms with Gasteiger partial charge in [0.05, 0.1) is 12.1 Å². The normalized spacial score (nSPS) is 23.5. The standard InChI is InChI=1S/C27H27Cl2N3O3S/c1-15(2)22-24(25(33)31-13-3-4-21(31)26(34)35)36-27-30-20(14-16-5-9-18(28)10-6-16)23(32(22)27)17-7-11-19(29)12-8-17/h5-12,15,20-21,23H,3-4,13-14H2,1-2H3,(H,34,35)/t20?,21-,23+/m0/s1. The van der Waals surface area contributed by atoms with Crippen molar-refractivity contribution >= 4 is 52.0 Å². The molecule has 0 bridgehead atoms. The number of amidine groups is 1. The van der Waals surface area contributed by atoms with Crippen LogP contribution in [0.25, 0.3) is 0 Å². The minimum absolute atomic E-state index is 0.0408. The van der Waals surface area contributed by atoms with Gasteiger partial charge in [-0.05, 0) is 72.3 Å². The second-order valence-electron chi connectivity index (χ2n) is 9.64. The Morgan fingerprint density at radius 2 is 1.72 bits per heavy atom. The third-order valence-corrected chi connectivity index (χ3v) is 8.50. The van der Waals surface area contributed by atoms with Crippen molar-refractivity contribution in [2.24, 2.45) is 10.9 Å². The highest BCUT2D eigenvalue weighted by molar-refractivity contribution is 8.18. The largest absolute Gasteiger partial charge is 0.480 e. The Hall–Kier alpha value is -2.48. The van der Waals surface area contributed by atoms with E-state index in [2.05, 4.69) is 18.7 Å². The topological polar surface area (TPSA) is 73.2 Å². The van der Waals surface area contributed by atoms with E-state index in [1.807, 2.05) is 48.5 Å². The molecule has 0 aromatic heterocycles. The lowest BCUT2D eigenvalue weighted by Crippen LogP contribution is -2.41. The minimum atomic E-state index is -0.949. The molecule has 1 N–H and O–H groups in total. The number of thioether (sulfide) groups is 1. The van der Waals surface area contributed by atoms with E-state index in [4.69, 9.17) is 28.2 Å². The van der Waals surface area contributed by atoms with Crippen LogP contribution in [0.2, 0.25) is 10.0 Å². The molecule has 9 heteroatoms. The van der Waals surface area contributed by atoms with E-state index < -0.39 is 12.0 Å². The molecule has 3 heterocycles. The van der Waals surface area contributed by atoms with E-state index in [-0.39, 0.29) is 23.9 Å². The molecule has 0 saturated carbocycles. The molecule has 36 heavy (non-hydrogen) atoms. The lowest BCUT2D eigenvalue weighted by Gasteiger charge is -2.32. The second-order valence-corrected chi connectivity index (χ2v) is 11.5. The number of halogens is 2. The molecular formula is C27H27Cl2N3O3S. The maximum absolute atomic E-state index is 13.7. The minimum Gasteiger partial charge on any atom is -0.480 e. The van der Waals surface area contributed by atoms with E-state index >= 15 is 0 Å². The Kier molecular flexibility index (Phi) is 7.07. The fourth-order valence-electron chi connectivity index (χ4n) is 5.29. The average molecular weight is 545 g/mol. The van der Waals surface area contributed by atoms with Crippen LogP contribution in [0.4, 0.5) is 0 Å². The van der Waals surface area contributed by atoms with E-state index in [1.165, 1.54) is 16.7 Å². The molecule has 1 fully saturated rings. The highest BCUT2D eigenvalue weighted by Crippen LogP contribution is 2.50. The van der Waals surface area contributed by atoms with Gasteiger partial charge in [-0.25, -0.2) is 4.79 Å². The molecule has 0 aliphatic carbocycles. The lowest BCUT2D eigenvalue weighted by molar-refractivity contribution is -0.146. The molecule has 3 aliphatic heterocycles. The fraction of sp³-hybridized carbons (Fsp3) is 0.370. The smallest absolute Gasteiger partial charge is 0.326 e. The van der Waals surface area contributed by atoms with Crippen molar-refractivity contribution in [2.45, 2.75) is 51.2 Å². The van der Waals surface area contributed by atoms with Gasteiger partial charge in [0.2, 0.25) is 0 Å². The van der Waals surface area contributed by atoms with Crippen LogP contribution in [-0.4, -0.2) is 50.6 Å². The molecular weight excluding hydrogens is 517 g/mol. The Bertz CT molecular complexity index is 1240. The van der Waals surface area contributed by atoms with Crippen LogP contribution in [0, 0.1) is 5.92 Å². The summed E-state index contributed by atoms with van der Waals surface area (Å²) in [5.74, 6) is -1.12. The Morgan fingerprint density at radius 3 is 2.33 bits per heavy atom. The summed E-state index contributed by atoms with van der Waals surface area (Å²) in [6, 6.07) is 14.6. The lowest BCUT2D eigenvalue weighted by atomic mass is 9.93. The first-order valence-electron chi connectivity index (χ1n) is 12.1. The Balaban J connectivity index is 1.54. The molecule has 1 amide bonds. The summed E-state index contributed by atoms with van der Waals surface area (Å²) in [5.41, 5.74) is 3.10. The summed E-state index contributed by atoms with van der Waals surface area (Å²) in [6.45, 7) is 4.59. The number of fused-ring (bicyclic) bond motifs is 1. The molecule has 1 unspecified atom stereocenters. The van der Waals surface area contributed by atoms with E-state index in [0.29, 0.717) is 40.8 Å². The first-order valence-corrected chi connectivity index (χ1v) is 13.6. The SMILES string of the molecule is CC(C)C1=C(C(=O)N2CCC[C@H]2C(=O)O)SC2=NC(Cc3ccc(Cl)cc3)[C@@H](c3ccc(Cl)cc3)N21. The number of allylic oxidation sites excluding steroid dienone is 1. The highest BCUT2D eigenvalue weighted by Gasteiger charge is 2.48. The summed E-state index contributed by atoms with van der Waals surface area (Å²) in [4.78, 5) is 34.8. The summed E-state index contributed by atoms with van der Waals surface area (Å²) in [6.07, 6.45) is 1.89. The van der Waals surface area contributed by atoms with Crippen molar-refractivity contribution in [3.63, 3.8) is 0 Å². The van der Waals surface area contributed by atoms with E-state index in [0.717, 1.165) is 22.0 Å². The van der Waals surface area contributed by atoms with Crippen molar-refractivity contribution in [1.29, 1.82) is 0 Å². The molecule has 6 nitrogen and oxygen atoms in total. The summed E-state index contributed by atoms with van der Waals surface area (Å²) >= 11 is 13.7. The monoisotopic (exact) mass is 543 g/mol. The maximum Gasteiger partial charge on any atom is 0.326 e. The number of benzene rings is 2. The number of aliphatic carboxylic acids is 1. The molecule has 5 rings (SSSR count). The van der Waals surface area contributed by atoms with Gasteiger partial charge >= 0.3 is 5.97 Å². The van der Waals surface area contributed by atoms with Gasteiger partial charge in [0.1, 0.15) is 10.9 Å². The quantitative estimate of drug-likeness (QED) is 0.483. The molecule has 0 radical (unpaired) electrons. The number of likely N-dealkylation sites (tertiary alicyclic amines) is 1. The number of carboxylic acids is 1. The van der Waals surface area contributed by atoms with Crippen molar-refractivity contribution in [2.75, 3.05) is 6.54 Å². The van der Waals surface area contributed by atoms with Crippen LogP contribution >= 0.6 is 35.0 Å². The highest BCUT2D eigenvalue weighted by atomic mass is 35.5. The second kappa shape index (κ2) is 10.1. The molecule has 2 aromatic carbocycles. The number of carbonyl (C=O) groups is 2. The van der Waals surface area contributed by atoms with E-state index in [1.54, 1.807) is 0 Å². The molecule has 3 aliphatic rings. The van der Waals surface area contributed by atoms with Gasteiger partial charge in [-0.3, -0.25) is 9.79 Å². The summed E-state index contributed by atoms with van der Waals surface area (Å²) in [7, 11) is 0. The number of rotatable bonds is 6. The van der Waals surface area contributed by atoms with Crippen molar-refractivity contribution in [3.05, 3.63) is 80.3 Å². The third kappa shape index (κ3) is 4.64. The van der Waals surface area contributed by atoms with Gasteiger partial charge in [-0.1, -0.05) is 61.3 Å². The predicted molar refractivity (Wildman–Crippen MR) is 144 cm³/mol. The fourth-order valence-corrected chi connectivity index (χ4v) is 6.86. The van der Waals surface area contributed by atoms with Crippen molar-refractivity contribution in [3.8, 4) is 0 Å². The predicted octanol–water partition coefficient (Wildman–Crippen LogP) is 6.01. The molecule has 2 aromatic rings. The van der Waals surface area contributed by atoms with Gasteiger partial charge in [0, 0.05) is 22.3 Å². The Morgan fingerprint density at radius 1 is 1.08 bits per heavy atom. The first-order chi connectivity index (χ1) is 17.2. The first kappa shape index (κ1) is 25.2. The van der Waals surface area contributed by atoms with Gasteiger partial charge in [0.15, 0.2) is 5.17 Å². The Labute approximate surface area is 225 Å². The summed E-state index contributed by atoms with van der Waals surface area (Å²) < 4.78 is 0. The van der Waals surface area contributed by atoms with Crippen LogP contribution in [0.5, 0.6) is 0 Å². The van der Waals surface area contributed by atoms with Crippen molar-refractivity contribution < 1.29 is 14.7 Å². The number of aliphatic imine (C=N–C) groups is 1. The number of nitrogens with zero attached hydrogens (tertiary/aromatic N) is 3.